The number of hydrogen-bond acceptors (Lipinski definition) is 1. The second-order valence-electron chi connectivity index (χ2n) is 7.26. The molecule has 0 amide bonds. The van der Waals surface area contributed by atoms with Crippen LogP contribution in [0.4, 0.5) is 5.69 Å². The highest BCUT2D eigenvalue weighted by Gasteiger charge is 2.17. The molecule has 116 valence electrons. The van der Waals surface area contributed by atoms with E-state index in [0.717, 1.165) is 12.2 Å². The largest absolute Gasteiger partial charge is 0.399 e. The smallest absolute Gasteiger partial charge is 0.0492 e. The maximum absolute atomic E-state index is 6.04. The van der Waals surface area contributed by atoms with Gasteiger partial charge in [-0.2, -0.15) is 0 Å². The molecule has 3 rings (SSSR count). The van der Waals surface area contributed by atoms with Gasteiger partial charge in [0.05, 0.1) is 0 Å². The van der Waals surface area contributed by atoms with Crippen molar-refractivity contribution in [2.24, 2.45) is 0 Å². The molecule has 0 aliphatic heterocycles. The molecule has 0 spiro atoms. The van der Waals surface area contributed by atoms with Gasteiger partial charge in [-0.3, -0.25) is 0 Å². The molecule has 0 atom stereocenters. The van der Waals surface area contributed by atoms with Crippen molar-refractivity contribution < 1.29 is 0 Å². The Bertz CT molecular complexity index is 819. The van der Waals surface area contributed by atoms with Crippen molar-refractivity contribution in [2.45, 2.75) is 52.5 Å². The first-order valence-electron chi connectivity index (χ1n) is 8.24. The van der Waals surface area contributed by atoms with Gasteiger partial charge in [-0.25, -0.2) is 0 Å². The Balaban J connectivity index is 2.32. The second kappa shape index (κ2) is 5.35. The Morgan fingerprint density at radius 1 is 0.955 bits per heavy atom. The van der Waals surface area contributed by atoms with Crippen LogP contribution in [0.5, 0.6) is 0 Å². The second-order valence-corrected chi connectivity index (χ2v) is 7.26. The lowest BCUT2D eigenvalue weighted by atomic mass is 9.86. The topological polar surface area (TPSA) is 30.9 Å². The van der Waals surface area contributed by atoms with E-state index in [0.29, 0.717) is 0 Å². The molecule has 0 unspecified atom stereocenters. The highest BCUT2D eigenvalue weighted by atomic mass is 15.0. The van der Waals surface area contributed by atoms with Gasteiger partial charge in [0.25, 0.3) is 0 Å². The Morgan fingerprint density at radius 3 is 2.23 bits per heavy atom. The first kappa shape index (κ1) is 15.0. The van der Waals surface area contributed by atoms with Gasteiger partial charge in [-0.05, 0) is 47.7 Å². The Kier molecular flexibility index (Phi) is 3.64. The fraction of sp³-hybridized carbons (Fsp3) is 0.400. The predicted octanol–water partition coefficient (Wildman–Crippen LogP) is 5.47. The van der Waals surface area contributed by atoms with Crippen molar-refractivity contribution in [3.8, 4) is 0 Å². The number of nitrogen functional groups attached to an aromatic ring is 1. The van der Waals surface area contributed by atoms with Crippen LogP contribution in [0.1, 0.15) is 46.1 Å². The number of aryl methyl sites for hydroxylation is 1. The normalized spacial score (nSPS) is 12.4. The summed E-state index contributed by atoms with van der Waals surface area (Å²) in [6, 6.07) is 13.2. The van der Waals surface area contributed by atoms with Crippen LogP contribution in [-0.4, -0.2) is 4.57 Å². The van der Waals surface area contributed by atoms with Crippen molar-refractivity contribution >= 4 is 27.5 Å². The van der Waals surface area contributed by atoms with Crippen molar-refractivity contribution in [3.63, 3.8) is 0 Å². The van der Waals surface area contributed by atoms with E-state index in [4.69, 9.17) is 5.73 Å². The molecule has 0 radical (unpaired) electrons. The maximum atomic E-state index is 6.04. The molecule has 2 nitrogen and oxygen atoms in total. The third-order valence-electron chi connectivity index (χ3n) is 4.49. The summed E-state index contributed by atoms with van der Waals surface area (Å²) >= 11 is 0. The summed E-state index contributed by atoms with van der Waals surface area (Å²) in [5.74, 6) is 0. The first-order valence-corrected chi connectivity index (χ1v) is 8.24. The van der Waals surface area contributed by atoms with E-state index in [9.17, 15) is 0 Å². The molecule has 2 aromatic carbocycles. The molecule has 1 aromatic heterocycles. The molecule has 0 aliphatic carbocycles. The molecular weight excluding hydrogens is 268 g/mol. The van der Waals surface area contributed by atoms with Gasteiger partial charge in [0.1, 0.15) is 0 Å². The molecule has 0 bridgehead atoms. The van der Waals surface area contributed by atoms with Crippen molar-refractivity contribution in [3.05, 3.63) is 42.0 Å². The molecule has 2 heteroatoms. The summed E-state index contributed by atoms with van der Waals surface area (Å²) in [7, 11) is 0. The summed E-state index contributed by atoms with van der Waals surface area (Å²) in [5.41, 5.74) is 11.0. The van der Waals surface area contributed by atoms with Crippen LogP contribution < -0.4 is 5.73 Å². The van der Waals surface area contributed by atoms with Gasteiger partial charge in [0.15, 0.2) is 0 Å². The lowest BCUT2D eigenvalue weighted by Crippen LogP contribution is -2.10. The fourth-order valence-corrected chi connectivity index (χ4v) is 3.15. The van der Waals surface area contributed by atoms with Crippen molar-refractivity contribution in [2.75, 3.05) is 5.73 Å². The molecular formula is C20H26N2. The average molecular weight is 294 g/mol. The molecule has 3 aromatic rings. The zero-order valence-electron chi connectivity index (χ0n) is 14.1. The highest BCUT2D eigenvalue weighted by molar-refractivity contribution is 6.09. The summed E-state index contributed by atoms with van der Waals surface area (Å²) < 4.78 is 2.44. The lowest BCUT2D eigenvalue weighted by molar-refractivity contribution is 0.591. The number of nitrogens with two attached hydrogens (primary N) is 1. The van der Waals surface area contributed by atoms with Crippen LogP contribution in [0.25, 0.3) is 21.8 Å². The zero-order chi connectivity index (χ0) is 15.9. The van der Waals surface area contributed by atoms with Crippen LogP contribution in [-0.2, 0) is 12.0 Å². The van der Waals surface area contributed by atoms with Gasteiger partial charge >= 0.3 is 0 Å². The number of fused-ring (bicyclic) bond motifs is 3. The third-order valence-corrected chi connectivity index (χ3v) is 4.49. The van der Waals surface area contributed by atoms with Gasteiger partial charge in [-0.1, -0.05) is 40.2 Å². The predicted molar refractivity (Wildman–Crippen MR) is 97.5 cm³/mol. The summed E-state index contributed by atoms with van der Waals surface area (Å²) in [6.45, 7) is 10.1. The third kappa shape index (κ3) is 2.47. The van der Waals surface area contributed by atoms with Gasteiger partial charge in [0, 0.05) is 34.0 Å². The summed E-state index contributed by atoms with van der Waals surface area (Å²) in [6.07, 6.45) is 2.40. The highest BCUT2D eigenvalue weighted by Crippen LogP contribution is 2.34. The minimum Gasteiger partial charge on any atom is -0.399 e. The zero-order valence-corrected chi connectivity index (χ0v) is 14.1. The fourth-order valence-electron chi connectivity index (χ4n) is 3.15. The number of aromatic nitrogens is 1. The number of unbranched alkanes of at least 4 members (excludes halogenated alkanes) is 1. The number of nitrogens with zero attached hydrogens (tertiary/aromatic N) is 1. The van der Waals surface area contributed by atoms with E-state index in [2.05, 4.69) is 62.6 Å². The average Bonchev–Trinajstić information content (AvgIpc) is 2.77. The number of anilines is 1. The van der Waals surface area contributed by atoms with Crippen LogP contribution in [0.2, 0.25) is 0 Å². The molecule has 22 heavy (non-hydrogen) atoms. The SMILES string of the molecule is CCCCn1c2ccc(N)cc2c2cc(C(C)(C)C)ccc21. The van der Waals surface area contributed by atoms with E-state index in [-0.39, 0.29) is 5.41 Å². The van der Waals surface area contributed by atoms with Gasteiger partial charge in [-0.15, -0.1) is 0 Å². The maximum Gasteiger partial charge on any atom is 0.0492 e. The quantitative estimate of drug-likeness (QED) is 0.638. The van der Waals surface area contributed by atoms with E-state index >= 15 is 0 Å². The number of benzene rings is 2. The number of hydrogen-bond donors (Lipinski definition) is 1. The molecule has 0 saturated carbocycles. The lowest BCUT2D eigenvalue weighted by Gasteiger charge is -2.19. The van der Waals surface area contributed by atoms with Gasteiger partial charge < -0.3 is 10.3 Å². The number of rotatable bonds is 3. The van der Waals surface area contributed by atoms with Crippen LogP contribution >= 0.6 is 0 Å². The van der Waals surface area contributed by atoms with Crippen LogP contribution in [0.3, 0.4) is 0 Å². The van der Waals surface area contributed by atoms with Crippen LogP contribution in [0, 0.1) is 0 Å². The Hall–Kier alpha value is -1.96. The molecule has 0 fully saturated rings. The molecule has 0 aliphatic rings. The van der Waals surface area contributed by atoms with E-state index in [1.807, 2.05) is 6.07 Å². The monoisotopic (exact) mass is 294 g/mol. The van der Waals surface area contributed by atoms with Crippen molar-refractivity contribution in [1.82, 2.24) is 4.57 Å². The Labute approximate surface area is 132 Å². The van der Waals surface area contributed by atoms with Crippen molar-refractivity contribution in [1.29, 1.82) is 0 Å². The standard InChI is InChI=1S/C20H26N2/c1-5-6-11-22-18-9-7-14(20(2,3)4)12-16(18)17-13-15(21)8-10-19(17)22/h7-10,12-13H,5-6,11,21H2,1-4H3. The van der Waals surface area contributed by atoms with Gasteiger partial charge in [0.2, 0.25) is 0 Å². The van der Waals surface area contributed by atoms with E-state index in [1.165, 1.54) is 40.2 Å². The van der Waals surface area contributed by atoms with Crippen LogP contribution in [0.15, 0.2) is 36.4 Å². The minimum absolute atomic E-state index is 0.159. The first-order chi connectivity index (χ1) is 10.4. The Morgan fingerprint density at radius 2 is 1.59 bits per heavy atom. The van der Waals surface area contributed by atoms with E-state index in [1.54, 1.807) is 0 Å². The molecule has 0 saturated heterocycles. The van der Waals surface area contributed by atoms with E-state index < -0.39 is 0 Å². The molecule has 2 N–H and O–H groups in total. The summed E-state index contributed by atoms with van der Waals surface area (Å²) in [5, 5.41) is 2.60. The molecule has 1 heterocycles. The summed E-state index contributed by atoms with van der Waals surface area (Å²) in [4.78, 5) is 0. The minimum atomic E-state index is 0.159.